The van der Waals surface area contributed by atoms with Crippen molar-refractivity contribution < 1.29 is 9.18 Å². The van der Waals surface area contributed by atoms with E-state index in [1.165, 1.54) is 34.5 Å². The minimum Gasteiger partial charge on any atom is -0.300 e. The molecule has 1 amide bonds. The van der Waals surface area contributed by atoms with Crippen molar-refractivity contribution in [2.45, 2.75) is 13.5 Å². The summed E-state index contributed by atoms with van der Waals surface area (Å²) in [5.41, 5.74) is 1.53. The Kier molecular flexibility index (Phi) is 3.88. The number of carbonyl (C=O) groups is 1. The van der Waals surface area contributed by atoms with Gasteiger partial charge in [-0.1, -0.05) is 0 Å². The molecule has 0 aliphatic heterocycles. The van der Waals surface area contributed by atoms with Gasteiger partial charge in [0.05, 0.1) is 5.69 Å². The monoisotopic (exact) mass is 318 g/mol. The van der Waals surface area contributed by atoms with Crippen LogP contribution in [-0.4, -0.2) is 31.1 Å². The molecule has 0 spiro atoms. The van der Waals surface area contributed by atoms with E-state index in [-0.39, 0.29) is 18.3 Å². The fourth-order valence-electron chi connectivity index (χ4n) is 1.88. The summed E-state index contributed by atoms with van der Waals surface area (Å²) in [5.74, 6) is -0.571. The van der Waals surface area contributed by atoms with Crippen LogP contribution in [0.15, 0.2) is 30.6 Å². The molecular formula is C13H11FN6OS. The van der Waals surface area contributed by atoms with Crippen molar-refractivity contribution in [3.05, 3.63) is 41.3 Å². The number of nitrogens with one attached hydrogen (secondary N) is 1. The number of halogens is 1. The maximum Gasteiger partial charge on any atom is 0.248 e. The molecule has 2 heterocycles. The number of nitrogens with zero attached hydrogens (tertiary/aromatic N) is 5. The lowest BCUT2D eigenvalue weighted by atomic mass is 10.1. The summed E-state index contributed by atoms with van der Waals surface area (Å²) in [4.78, 5) is 17.2. The van der Waals surface area contributed by atoms with Gasteiger partial charge in [0.2, 0.25) is 5.91 Å². The quantitative estimate of drug-likeness (QED) is 0.794. The normalized spacial score (nSPS) is 10.6. The van der Waals surface area contributed by atoms with Crippen molar-refractivity contribution in [2.75, 3.05) is 5.32 Å². The summed E-state index contributed by atoms with van der Waals surface area (Å²) in [6, 6.07) is 6.07. The van der Waals surface area contributed by atoms with Gasteiger partial charge in [-0.15, -0.1) is 16.4 Å². The van der Waals surface area contributed by atoms with Crippen LogP contribution in [0, 0.1) is 12.7 Å². The molecule has 112 valence electrons. The lowest BCUT2D eigenvalue weighted by Gasteiger charge is -2.00. The van der Waals surface area contributed by atoms with Crippen LogP contribution in [0.4, 0.5) is 9.52 Å². The predicted molar refractivity (Wildman–Crippen MR) is 78.7 cm³/mol. The Morgan fingerprint density at radius 3 is 2.82 bits per heavy atom. The molecule has 0 unspecified atom stereocenters. The van der Waals surface area contributed by atoms with Gasteiger partial charge >= 0.3 is 0 Å². The second-order valence-corrected chi connectivity index (χ2v) is 5.69. The van der Waals surface area contributed by atoms with Crippen LogP contribution in [0.25, 0.3) is 11.3 Å². The Balaban J connectivity index is 1.74. The Morgan fingerprint density at radius 1 is 1.36 bits per heavy atom. The van der Waals surface area contributed by atoms with Crippen LogP contribution in [0.3, 0.4) is 0 Å². The Labute approximate surface area is 128 Å². The fraction of sp³-hybridized carbons (Fsp3) is 0.154. The summed E-state index contributed by atoms with van der Waals surface area (Å²) in [6.07, 6.45) is 1.36. The first-order chi connectivity index (χ1) is 10.6. The zero-order valence-electron chi connectivity index (χ0n) is 11.5. The molecule has 0 fully saturated rings. The Hall–Kier alpha value is -2.68. The molecule has 22 heavy (non-hydrogen) atoms. The Morgan fingerprint density at radius 2 is 2.14 bits per heavy atom. The lowest BCUT2D eigenvalue weighted by molar-refractivity contribution is -0.116. The molecule has 9 heteroatoms. The van der Waals surface area contributed by atoms with Crippen LogP contribution >= 0.6 is 11.3 Å². The number of aryl methyl sites for hydroxylation is 1. The Bertz CT molecular complexity index is 783. The number of rotatable bonds is 4. The van der Waals surface area contributed by atoms with E-state index in [0.717, 1.165) is 16.1 Å². The van der Waals surface area contributed by atoms with Gasteiger partial charge in [-0.25, -0.2) is 14.1 Å². The molecule has 7 nitrogen and oxygen atoms in total. The number of benzene rings is 1. The average molecular weight is 318 g/mol. The summed E-state index contributed by atoms with van der Waals surface area (Å²) in [6.45, 7) is 1.91. The molecule has 1 aromatic carbocycles. The van der Waals surface area contributed by atoms with Crippen LogP contribution in [0.5, 0.6) is 0 Å². The number of amides is 1. The van der Waals surface area contributed by atoms with E-state index in [0.29, 0.717) is 5.13 Å². The van der Waals surface area contributed by atoms with E-state index in [4.69, 9.17) is 0 Å². The van der Waals surface area contributed by atoms with E-state index in [2.05, 4.69) is 25.8 Å². The molecule has 0 aliphatic carbocycles. The number of aromatic nitrogens is 5. The predicted octanol–water partition coefficient (Wildman–Crippen LogP) is 1.88. The molecule has 0 bridgehead atoms. The molecule has 2 aromatic heterocycles. The first-order valence-corrected chi connectivity index (χ1v) is 7.17. The van der Waals surface area contributed by atoms with Crippen LogP contribution in [0.2, 0.25) is 0 Å². The summed E-state index contributed by atoms with van der Waals surface area (Å²) in [5, 5.41) is 13.7. The molecular weight excluding hydrogens is 307 g/mol. The summed E-state index contributed by atoms with van der Waals surface area (Å²) < 4.78 is 14.3. The first kappa shape index (κ1) is 14.3. The highest BCUT2D eigenvalue weighted by atomic mass is 32.1. The lowest BCUT2D eigenvalue weighted by Crippen LogP contribution is -2.19. The highest BCUT2D eigenvalue weighted by Crippen LogP contribution is 2.30. The number of tetrazole rings is 1. The van der Waals surface area contributed by atoms with Gasteiger partial charge in [0.1, 0.15) is 18.7 Å². The maximum absolute atomic E-state index is 13.0. The van der Waals surface area contributed by atoms with Gasteiger partial charge in [0, 0.05) is 10.4 Å². The second-order valence-electron chi connectivity index (χ2n) is 4.49. The van der Waals surface area contributed by atoms with Crippen LogP contribution < -0.4 is 5.32 Å². The minimum atomic E-state index is -0.299. The van der Waals surface area contributed by atoms with Crippen molar-refractivity contribution in [1.82, 2.24) is 25.2 Å². The van der Waals surface area contributed by atoms with E-state index >= 15 is 0 Å². The molecule has 0 saturated carbocycles. The molecule has 1 N–H and O–H groups in total. The van der Waals surface area contributed by atoms with Crippen molar-refractivity contribution in [3.63, 3.8) is 0 Å². The zero-order valence-corrected chi connectivity index (χ0v) is 12.3. The highest BCUT2D eigenvalue weighted by Gasteiger charge is 2.12. The van der Waals surface area contributed by atoms with E-state index < -0.39 is 0 Å². The number of thiazole rings is 1. The number of carbonyl (C=O) groups excluding carboxylic acids is 1. The molecule has 0 saturated heterocycles. The second kappa shape index (κ2) is 5.98. The maximum atomic E-state index is 13.0. The third kappa shape index (κ3) is 3.14. The van der Waals surface area contributed by atoms with Gasteiger partial charge in [-0.2, -0.15) is 0 Å². The third-order valence-electron chi connectivity index (χ3n) is 2.86. The van der Waals surface area contributed by atoms with Crippen molar-refractivity contribution in [1.29, 1.82) is 0 Å². The molecule has 0 radical (unpaired) electrons. The molecule has 3 aromatic rings. The fourth-order valence-corrected chi connectivity index (χ4v) is 2.74. The van der Waals surface area contributed by atoms with E-state index in [1.54, 1.807) is 12.1 Å². The van der Waals surface area contributed by atoms with Crippen molar-refractivity contribution in [3.8, 4) is 11.3 Å². The SMILES string of the molecule is Cc1sc(NC(=O)Cn2cnnn2)nc1-c1ccc(F)cc1. The smallest absolute Gasteiger partial charge is 0.248 e. The topological polar surface area (TPSA) is 85.6 Å². The van der Waals surface area contributed by atoms with Crippen LogP contribution in [0.1, 0.15) is 4.88 Å². The zero-order chi connectivity index (χ0) is 15.5. The number of anilines is 1. The molecule has 0 atom stereocenters. The van der Waals surface area contributed by atoms with E-state index in [1.807, 2.05) is 6.92 Å². The standard InChI is InChI=1S/C13H11FN6OS/c1-8-12(9-2-4-10(14)5-3-9)17-13(22-8)16-11(21)6-20-7-15-18-19-20/h2-5,7H,6H2,1H3,(H,16,17,21). The summed E-state index contributed by atoms with van der Waals surface area (Å²) in [7, 11) is 0. The average Bonchev–Trinajstić information content (AvgIpc) is 3.10. The minimum absolute atomic E-state index is 0.0114. The molecule has 0 aliphatic rings. The van der Waals surface area contributed by atoms with Gasteiger partial charge < -0.3 is 5.32 Å². The third-order valence-corrected chi connectivity index (χ3v) is 3.74. The largest absolute Gasteiger partial charge is 0.300 e. The number of hydrogen-bond acceptors (Lipinski definition) is 6. The number of hydrogen-bond donors (Lipinski definition) is 1. The van der Waals surface area contributed by atoms with Crippen molar-refractivity contribution >= 4 is 22.4 Å². The molecule has 3 rings (SSSR count). The van der Waals surface area contributed by atoms with Gasteiger partial charge in [-0.3, -0.25) is 4.79 Å². The first-order valence-electron chi connectivity index (χ1n) is 6.36. The van der Waals surface area contributed by atoms with Crippen molar-refractivity contribution in [2.24, 2.45) is 0 Å². The van der Waals surface area contributed by atoms with Gasteiger partial charge in [0.25, 0.3) is 0 Å². The van der Waals surface area contributed by atoms with Gasteiger partial charge in [0.15, 0.2) is 5.13 Å². The summed E-state index contributed by atoms with van der Waals surface area (Å²) >= 11 is 1.36. The van der Waals surface area contributed by atoms with Gasteiger partial charge in [-0.05, 0) is 41.6 Å². The van der Waals surface area contributed by atoms with Crippen LogP contribution in [-0.2, 0) is 11.3 Å². The highest BCUT2D eigenvalue weighted by molar-refractivity contribution is 7.16. The van der Waals surface area contributed by atoms with E-state index in [9.17, 15) is 9.18 Å².